The quantitative estimate of drug-likeness (QED) is 0.479. The minimum Gasteiger partial charge on any atom is -0.478 e. The van der Waals surface area contributed by atoms with Gasteiger partial charge in [0.1, 0.15) is 5.82 Å². The van der Waals surface area contributed by atoms with Gasteiger partial charge in [0.15, 0.2) is 0 Å². The van der Waals surface area contributed by atoms with Crippen LogP contribution in [-0.4, -0.2) is 71.4 Å². The highest BCUT2D eigenvalue weighted by atomic mass is 16.5. The zero-order valence-electron chi connectivity index (χ0n) is 16.5. The van der Waals surface area contributed by atoms with Gasteiger partial charge in [-0.3, -0.25) is 4.90 Å². The lowest BCUT2D eigenvalue weighted by atomic mass is 10.1. The van der Waals surface area contributed by atoms with Gasteiger partial charge >= 0.3 is 11.9 Å². The van der Waals surface area contributed by atoms with Gasteiger partial charge < -0.3 is 20.3 Å². The molecule has 0 atom stereocenters. The lowest BCUT2D eigenvalue weighted by molar-refractivity contribution is -0.134. The summed E-state index contributed by atoms with van der Waals surface area (Å²) in [5.41, 5.74) is 2.34. The molecule has 2 heterocycles. The van der Waals surface area contributed by atoms with E-state index in [1.54, 1.807) is 0 Å². The number of nitrogens with one attached hydrogen (secondary N) is 1. The van der Waals surface area contributed by atoms with Crippen molar-refractivity contribution >= 4 is 28.7 Å². The van der Waals surface area contributed by atoms with Crippen LogP contribution in [0.25, 0.3) is 10.9 Å². The molecule has 156 valence electrons. The smallest absolute Gasteiger partial charge is 0.328 e. The Morgan fingerprint density at radius 1 is 1.17 bits per heavy atom. The number of anilines is 1. The highest BCUT2D eigenvalue weighted by Gasteiger charge is 2.09. The Morgan fingerprint density at radius 2 is 1.83 bits per heavy atom. The van der Waals surface area contributed by atoms with Gasteiger partial charge in [-0.15, -0.1) is 0 Å². The van der Waals surface area contributed by atoms with E-state index in [0.717, 1.165) is 57.1 Å². The number of rotatable bonds is 7. The first-order valence-electron chi connectivity index (χ1n) is 9.50. The largest absolute Gasteiger partial charge is 0.478 e. The van der Waals surface area contributed by atoms with E-state index in [2.05, 4.69) is 46.4 Å². The van der Waals surface area contributed by atoms with Crippen LogP contribution >= 0.6 is 0 Å². The standard InChI is InChI=1S/C17H23N3O.C4H4O4/c1-14-13-17(19-16-6-3-2-5-15(14)16)18-7-4-8-20-9-11-21-12-10-20;5-3(6)1-2-4(7)8/h2-3,5-6,13H,4,7-12H2,1H3,(H,18,19);1-2H,(H,5,6)(H,7,8)/b;2-1+. The maximum Gasteiger partial charge on any atom is 0.328 e. The minimum atomic E-state index is -1.26. The number of benzene rings is 1. The summed E-state index contributed by atoms with van der Waals surface area (Å²) in [6.45, 7) is 8.10. The van der Waals surface area contributed by atoms with Crippen molar-refractivity contribution < 1.29 is 24.5 Å². The van der Waals surface area contributed by atoms with Gasteiger partial charge in [-0.05, 0) is 37.6 Å². The molecular weight excluding hydrogens is 374 g/mol. The Balaban J connectivity index is 0.000000321. The summed E-state index contributed by atoms with van der Waals surface area (Å²) in [6.07, 6.45) is 2.25. The number of para-hydroxylation sites is 1. The van der Waals surface area contributed by atoms with Crippen molar-refractivity contribution in [2.75, 3.05) is 44.7 Å². The second-order valence-electron chi connectivity index (χ2n) is 6.59. The molecule has 1 aromatic carbocycles. The van der Waals surface area contributed by atoms with Crippen molar-refractivity contribution in [3.63, 3.8) is 0 Å². The van der Waals surface area contributed by atoms with Gasteiger partial charge in [0.2, 0.25) is 0 Å². The summed E-state index contributed by atoms with van der Waals surface area (Å²) in [4.78, 5) is 26.2. The molecule has 1 saturated heterocycles. The first-order chi connectivity index (χ1) is 14.0. The van der Waals surface area contributed by atoms with E-state index in [9.17, 15) is 9.59 Å². The van der Waals surface area contributed by atoms with Crippen molar-refractivity contribution in [2.45, 2.75) is 13.3 Å². The Kier molecular flexibility index (Phi) is 9.07. The number of fused-ring (bicyclic) bond motifs is 1. The van der Waals surface area contributed by atoms with Crippen LogP contribution in [0.5, 0.6) is 0 Å². The van der Waals surface area contributed by atoms with E-state index in [4.69, 9.17) is 14.9 Å². The molecule has 0 bridgehead atoms. The van der Waals surface area contributed by atoms with E-state index in [0.29, 0.717) is 12.2 Å². The summed E-state index contributed by atoms with van der Waals surface area (Å²) in [5, 5.41) is 20.3. The summed E-state index contributed by atoms with van der Waals surface area (Å²) >= 11 is 0. The fourth-order valence-electron chi connectivity index (χ4n) is 2.93. The lowest BCUT2D eigenvalue weighted by Crippen LogP contribution is -2.37. The number of pyridine rings is 1. The van der Waals surface area contributed by atoms with Gasteiger partial charge in [0.25, 0.3) is 0 Å². The van der Waals surface area contributed by atoms with E-state index in [-0.39, 0.29) is 0 Å². The number of hydrogen-bond acceptors (Lipinski definition) is 6. The summed E-state index contributed by atoms with van der Waals surface area (Å²) in [5.74, 6) is -1.53. The molecule has 0 unspecified atom stereocenters. The highest BCUT2D eigenvalue weighted by molar-refractivity contribution is 5.89. The molecule has 0 saturated carbocycles. The minimum absolute atomic E-state index is 0.558. The van der Waals surface area contributed by atoms with Crippen LogP contribution in [0.15, 0.2) is 42.5 Å². The topological polar surface area (TPSA) is 112 Å². The lowest BCUT2D eigenvalue weighted by Gasteiger charge is -2.26. The molecule has 3 N–H and O–H groups in total. The normalized spacial score (nSPS) is 14.4. The molecule has 1 aliphatic heterocycles. The molecule has 3 rings (SSSR count). The van der Waals surface area contributed by atoms with Crippen molar-refractivity contribution in [2.24, 2.45) is 0 Å². The van der Waals surface area contributed by atoms with E-state index in [1.807, 2.05) is 6.07 Å². The van der Waals surface area contributed by atoms with Gasteiger partial charge in [-0.1, -0.05) is 18.2 Å². The van der Waals surface area contributed by atoms with E-state index < -0.39 is 11.9 Å². The average Bonchev–Trinajstić information content (AvgIpc) is 2.71. The number of aliphatic carboxylic acids is 2. The number of nitrogens with zero attached hydrogens (tertiary/aromatic N) is 2. The van der Waals surface area contributed by atoms with Crippen molar-refractivity contribution in [1.82, 2.24) is 9.88 Å². The monoisotopic (exact) mass is 401 g/mol. The molecule has 0 amide bonds. The van der Waals surface area contributed by atoms with Gasteiger partial charge in [-0.2, -0.15) is 0 Å². The third-order valence-electron chi connectivity index (χ3n) is 4.35. The van der Waals surface area contributed by atoms with E-state index in [1.165, 1.54) is 10.9 Å². The number of hydrogen-bond donors (Lipinski definition) is 3. The number of carboxylic acids is 2. The van der Waals surface area contributed by atoms with Crippen LogP contribution in [0.4, 0.5) is 5.82 Å². The molecule has 1 aliphatic rings. The molecule has 8 nitrogen and oxygen atoms in total. The number of carbonyl (C=O) groups is 2. The van der Waals surface area contributed by atoms with Gasteiger partial charge in [-0.25, -0.2) is 14.6 Å². The van der Waals surface area contributed by atoms with Crippen molar-refractivity contribution in [3.05, 3.63) is 48.0 Å². The van der Waals surface area contributed by atoms with Crippen LogP contribution in [0.1, 0.15) is 12.0 Å². The van der Waals surface area contributed by atoms with Crippen LogP contribution in [0.3, 0.4) is 0 Å². The third-order valence-corrected chi connectivity index (χ3v) is 4.35. The molecule has 8 heteroatoms. The second kappa shape index (κ2) is 11.8. The molecule has 0 aliphatic carbocycles. The summed E-state index contributed by atoms with van der Waals surface area (Å²) in [7, 11) is 0. The van der Waals surface area contributed by atoms with Gasteiger partial charge in [0, 0.05) is 37.2 Å². The van der Waals surface area contributed by atoms with Crippen LogP contribution < -0.4 is 5.32 Å². The first kappa shape index (κ1) is 22.3. The van der Waals surface area contributed by atoms with E-state index >= 15 is 0 Å². The SMILES string of the molecule is Cc1cc(NCCCN2CCOCC2)nc2ccccc12.O=C(O)/C=C/C(=O)O. The Bertz CT molecular complexity index is 831. The number of aryl methyl sites for hydroxylation is 1. The molecule has 29 heavy (non-hydrogen) atoms. The highest BCUT2D eigenvalue weighted by Crippen LogP contribution is 2.19. The number of aromatic nitrogens is 1. The maximum absolute atomic E-state index is 9.55. The molecule has 1 fully saturated rings. The second-order valence-corrected chi connectivity index (χ2v) is 6.59. The van der Waals surface area contributed by atoms with Gasteiger partial charge in [0.05, 0.1) is 18.7 Å². The third kappa shape index (κ3) is 8.28. The zero-order valence-corrected chi connectivity index (χ0v) is 16.5. The van der Waals surface area contributed by atoms with Crippen LogP contribution in [-0.2, 0) is 14.3 Å². The number of morpholine rings is 1. The predicted molar refractivity (Wildman–Crippen MR) is 111 cm³/mol. The number of ether oxygens (including phenoxy) is 1. The zero-order chi connectivity index (χ0) is 21.1. The fourth-order valence-corrected chi connectivity index (χ4v) is 2.93. The molecule has 0 radical (unpaired) electrons. The summed E-state index contributed by atoms with van der Waals surface area (Å²) in [6, 6.07) is 10.4. The molecule has 2 aromatic rings. The van der Waals surface area contributed by atoms with Crippen LogP contribution in [0, 0.1) is 6.92 Å². The first-order valence-corrected chi connectivity index (χ1v) is 9.50. The molecule has 1 aromatic heterocycles. The maximum atomic E-state index is 9.55. The fraction of sp³-hybridized carbons (Fsp3) is 0.381. The number of carboxylic acid groups (broad SMARTS) is 2. The Labute approximate surface area is 169 Å². The molecule has 0 spiro atoms. The summed E-state index contributed by atoms with van der Waals surface area (Å²) < 4.78 is 5.36. The Morgan fingerprint density at radius 3 is 2.48 bits per heavy atom. The Hall–Kier alpha value is -2.97. The van der Waals surface area contributed by atoms with Crippen molar-refractivity contribution in [1.29, 1.82) is 0 Å². The molecular formula is C21H27N3O5. The predicted octanol–water partition coefficient (Wildman–Crippen LogP) is 2.39. The van der Waals surface area contributed by atoms with Crippen molar-refractivity contribution in [3.8, 4) is 0 Å². The average molecular weight is 401 g/mol. The van der Waals surface area contributed by atoms with Crippen LogP contribution in [0.2, 0.25) is 0 Å².